The highest BCUT2D eigenvalue weighted by molar-refractivity contribution is 6.30. The molecule has 8 heteroatoms. The number of hydrogen-bond donors (Lipinski definition) is 3. The summed E-state index contributed by atoms with van der Waals surface area (Å²) in [5.41, 5.74) is 4.54. The van der Waals surface area contributed by atoms with Crippen molar-refractivity contribution in [2.45, 2.75) is 31.0 Å². The van der Waals surface area contributed by atoms with Crippen LogP contribution in [-0.2, 0) is 7.05 Å². The smallest absolute Gasteiger partial charge is 0.319 e. The number of amides is 3. The third kappa shape index (κ3) is 2.71. The lowest BCUT2D eigenvalue weighted by atomic mass is 10.1. The van der Waals surface area contributed by atoms with Crippen LogP contribution in [0.3, 0.4) is 0 Å². The third-order valence-corrected chi connectivity index (χ3v) is 4.47. The first-order chi connectivity index (χ1) is 9.77. The van der Waals surface area contributed by atoms with Crippen LogP contribution in [0.2, 0.25) is 5.15 Å². The second-order valence-electron chi connectivity index (χ2n) is 5.30. The minimum Gasteiger partial charge on any atom is -0.369 e. The van der Waals surface area contributed by atoms with Crippen LogP contribution in [-0.4, -0.2) is 45.3 Å². The number of fused-ring (bicyclic) bond motifs is 1. The lowest BCUT2D eigenvalue weighted by Crippen LogP contribution is -2.46. The Balaban J connectivity index is 0.000000155. The Morgan fingerprint density at radius 2 is 2.19 bits per heavy atom. The maximum absolute atomic E-state index is 11.0. The molecule has 1 aromatic heterocycles. The number of rotatable bonds is 1. The number of nitrogens with two attached hydrogens (primary N) is 1. The van der Waals surface area contributed by atoms with Crippen LogP contribution in [0.4, 0.5) is 4.79 Å². The second-order valence-corrected chi connectivity index (χ2v) is 5.68. The molecule has 2 atom stereocenters. The van der Waals surface area contributed by atoms with Crippen LogP contribution in [0.25, 0.3) is 0 Å². The number of aliphatic hydroxyl groups is 1. The highest BCUT2D eigenvalue weighted by Crippen LogP contribution is 2.36. The van der Waals surface area contributed by atoms with Crippen LogP contribution in [0, 0.1) is 0 Å². The first-order valence-corrected chi connectivity index (χ1v) is 7.03. The van der Waals surface area contributed by atoms with Crippen molar-refractivity contribution in [3.63, 3.8) is 0 Å². The molecule has 1 saturated heterocycles. The topological polar surface area (TPSA) is 101 Å². The van der Waals surface area contributed by atoms with Gasteiger partial charge in [-0.2, -0.15) is 0 Å². The van der Waals surface area contributed by atoms with E-state index >= 15 is 0 Å². The SMILES string of the molecule is CN1C(=O)N[C@H]2CCC[C@]21O.Cn1c(Cl)ccc1C(N)=O. The summed E-state index contributed by atoms with van der Waals surface area (Å²) in [7, 11) is 3.32. The van der Waals surface area contributed by atoms with Gasteiger partial charge in [-0.15, -0.1) is 0 Å². The molecular formula is C13H19ClN4O3. The van der Waals surface area contributed by atoms with Crippen molar-refractivity contribution >= 4 is 23.5 Å². The van der Waals surface area contributed by atoms with Crippen molar-refractivity contribution in [3.05, 3.63) is 23.0 Å². The number of likely N-dealkylation sites (N-methyl/N-ethyl adjacent to an activating group) is 1. The van der Waals surface area contributed by atoms with Crippen molar-refractivity contribution in [1.29, 1.82) is 0 Å². The van der Waals surface area contributed by atoms with Gasteiger partial charge in [0.2, 0.25) is 0 Å². The minimum absolute atomic E-state index is 0.0417. The zero-order valence-corrected chi connectivity index (χ0v) is 12.7. The molecule has 2 heterocycles. The van der Waals surface area contributed by atoms with Gasteiger partial charge in [0.25, 0.3) is 5.91 Å². The summed E-state index contributed by atoms with van der Waals surface area (Å²) >= 11 is 5.63. The zero-order chi connectivity index (χ0) is 15.8. The molecule has 0 spiro atoms. The average molecular weight is 315 g/mol. The first-order valence-electron chi connectivity index (χ1n) is 6.65. The molecule has 7 nitrogen and oxygen atoms in total. The summed E-state index contributed by atoms with van der Waals surface area (Å²) in [6, 6.07) is 3.02. The number of aromatic nitrogens is 1. The summed E-state index contributed by atoms with van der Waals surface area (Å²) in [5, 5.41) is 13.2. The van der Waals surface area contributed by atoms with Gasteiger partial charge < -0.3 is 20.7 Å². The molecule has 0 bridgehead atoms. The van der Waals surface area contributed by atoms with Gasteiger partial charge in [0.15, 0.2) is 5.72 Å². The van der Waals surface area contributed by atoms with E-state index in [1.807, 2.05) is 0 Å². The predicted molar refractivity (Wildman–Crippen MR) is 77.8 cm³/mol. The lowest BCUT2D eigenvalue weighted by Gasteiger charge is -2.27. The Kier molecular flexibility index (Phi) is 4.15. The predicted octanol–water partition coefficient (Wildman–Crippen LogP) is 0.660. The molecule has 4 N–H and O–H groups in total. The van der Waals surface area contributed by atoms with Crippen LogP contribution >= 0.6 is 11.6 Å². The molecule has 1 aliphatic heterocycles. The van der Waals surface area contributed by atoms with E-state index in [1.165, 1.54) is 9.47 Å². The maximum atomic E-state index is 11.0. The van der Waals surface area contributed by atoms with E-state index in [4.69, 9.17) is 17.3 Å². The number of carbonyl (C=O) groups excluding carboxylic acids is 2. The van der Waals surface area contributed by atoms with Gasteiger partial charge in [-0.05, 0) is 31.4 Å². The van der Waals surface area contributed by atoms with Gasteiger partial charge in [-0.1, -0.05) is 11.6 Å². The van der Waals surface area contributed by atoms with E-state index in [-0.39, 0.29) is 12.1 Å². The van der Waals surface area contributed by atoms with Gasteiger partial charge in [0.05, 0.1) is 6.04 Å². The molecule has 0 unspecified atom stereocenters. The number of carbonyl (C=O) groups is 2. The first kappa shape index (κ1) is 15.7. The quantitative estimate of drug-likeness (QED) is 0.710. The van der Waals surface area contributed by atoms with Crippen LogP contribution < -0.4 is 11.1 Å². The summed E-state index contributed by atoms with van der Waals surface area (Å²) in [5.74, 6) is -0.464. The molecule has 0 radical (unpaired) electrons. The monoisotopic (exact) mass is 314 g/mol. The highest BCUT2D eigenvalue weighted by Gasteiger charge is 2.52. The second kappa shape index (κ2) is 5.57. The number of hydrogen-bond acceptors (Lipinski definition) is 3. The fourth-order valence-electron chi connectivity index (χ4n) is 2.72. The van der Waals surface area contributed by atoms with Crippen molar-refractivity contribution < 1.29 is 14.7 Å². The van der Waals surface area contributed by atoms with Crippen molar-refractivity contribution in [2.75, 3.05) is 7.05 Å². The molecule has 1 aromatic rings. The van der Waals surface area contributed by atoms with E-state index < -0.39 is 11.6 Å². The third-order valence-electron chi connectivity index (χ3n) is 4.09. The largest absolute Gasteiger partial charge is 0.369 e. The standard InChI is InChI=1S/C7H12N2O2.C6H7ClN2O/c1-9-6(10)8-5-3-2-4-7(5,9)11;1-9-4(6(8)10)2-3-5(9)7/h5,11H,2-4H2,1H3,(H,8,10);2-3H,1H3,(H2,8,10)/t5-,7-;/m0./s1. The van der Waals surface area contributed by atoms with Gasteiger partial charge in [0.1, 0.15) is 10.8 Å². The van der Waals surface area contributed by atoms with Gasteiger partial charge in [-0.3, -0.25) is 9.69 Å². The minimum atomic E-state index is -0.892. The maximum Gasteiger partial charge on any atom is 0.319 e. The summed E-state index contributed by atoms with van der Waals surface area (Å²) in [4.78, 5) is 23.0. The molecule has 3 amide bonds. The van der Waals surface area contributed by atoms with Crippen molar-refractivity contribution in [2.24, 2.45) is 12.8 Å². The Hall–Kier alpha value is -1.73. The molecule has 1 saturated carbocycles. The highest BCUT2D eigenvalue weighted by atomic mass is 35.5. The zero-order valence-electron chi connectivity index (χ0n) is 12.0. The molecule has 0 aromatic carbocycles. The van der Waals surface area contributed by atoms with E-state index in [1.54, 1.807) is 26.2 Å². The van der Waals surface area contributed by atoms with E-state index in [9.17, 15) is 14.7 Å². The van der Waals surface area contributed by atoms with Crippen molar-refractivity contribution in [1.82, 2.24) is 14.8 Å². The molecule has 116 valence electrons. The van der Waals surface area contributed by atoms with Gasteiger partial charge in [-0.25, -0.2) is 4.79 Å². The number of primary amides is 1. The van der Waals surface area contributed by atoms with Crippen LogP contribution in [0.1, 0.15) is 29.8 Å². The fraction of sp³-hybridized carbons (Fsp3) is 0.538. The summed E-state index contributed by atoms with van der Waals surface area (Å²) in [6.45, 7) is 0. The van der Waals surface area contributed by atoms with E-state index in [0.717, 1.165) is 12.8 Å². The van der Waals surface area contributed by atoms with Gasteiger partial charge in [0, 0.05) is 14.1 Å². The van der Waals surface area contributed by atoms with E-state index in [0.29, 0.717) is 17.3 Å². The summed E-state index contributed by atoms with van der Waals surface area (Å²) in [6.07, 6.45) is 2.59. The van der Waals surface area contributed by atoms with Crippen LogP contribution in [0.5, 0.6) is 0 Å². The number of nitrogens with zero attached hydrogens (tertiary/aromatic N) is 2. The number of nitrogens with one attached hydrogen (secondary N) is 1. The van der Waals surface area contributed by atoms with E-state index in [2.05, 4.69) is 5.32 Å². The molecular weight excluding hydrogens is 296 g/mol. The molecule has 2 aliphatic rings. The van der Waals surface area contributed by atoms with Crippen molar-refractivity contribution in [3.8, 4) is 0 Å². The van der Waals surface area contributed by atoms with Crippen LogP contribution in [0.15, 0.2) is 12.1 Å². The fourth-order valence-corrected chi connectivity index (χ4v) is 2.87. The van der Waals surface area contributed by atoms with Gasteiger partial charge >= 0.3 is 6.03 Å². The summed E-state index contributed by atoms with van der Waals surface area (Å²) < 4.78 is 1.53. The Morgan fingerprint density at radius 1 is 1.52 bits per heavy atom. The Bertz CT molecular complexity index is 574. The number of urea groups is 1. The molecule has 1 aliphatic carbocycles. The Morgan fingerprint density at radius 3 is 2.62 bits per heavy atom. The average Bonchev–Trinajstić information content (AvgIpc) is 3.00. The number of halogens is 1. The molecule has 2 fully saturated rings. The molecule has 3 rings (SSSR count). The Labute approximate surface area is 127 Å². The lowest BCUT2D eigenvalue weighted by molar-refractivity contribution is -0.0525. The normalized spacial score (nSPS) is 27.0. The molecule has 21 heavy (non-hydrogen) atoms.